The monoisotopic (exact) mass is 277 g/mol. The summed E-state index contributed by atoms with van der Waals surface area (Å²) in [4.78, 5) is 4.94. The molecule has 1 N–H and O–H groups in total. The summed E-state index contributed by atoms with van der Waals surface area (Å²) >= 11 is 0. The van der Waals surface area contributed by atoms with Crippen molar-refractivity contribution in [3.8, 4) is 0 Å². The van der Waals surface area contributed by atoms with Crippen molar-refractivity contribution >= 4 is 0 Å². The van der Waals surface area contributed by atoms with Crippen LogP contribution in [0.25, 0.3) is 0 Å². The first-order valence-corrected chi connectivity index (χ1v) is 8.00. The topological polar surface area (TPSA) is 31.6 Å². The Morgan fingerprint density at radius 1 is 1.10 bits per heavy atom. The SMILES string of the molecule is CN1CCN(CCn2cc3c(c2)C(O)CCCC3)CC1. The Balaban J connectivity index is 1.57. The van der Waals surface area contributed by atoms with E-state index in [1.165, 1.54) is 43.7 Å². The third kappa shape index (κ3) is 3.25. The van der Waals surface area contributed by atoms with Gasteiger partial charge in [-0.2, -0.15) is 0 Å². The lowest BCUT2D eigenvalue weighted by Gasteiger charge is -2.32. The average molecular weight is 277 g/mol. The minimum atomic E-state index is -0.239. The van der Waals surface area contributed by atoms with Gasteiger partial charge in [-0.3, -0.25) is 4.90 Å². The van der Waals surface area contributed by atoms with Gasteiger partial charge in [-0.1, -0.05) is 6.42 Å². The van der Waals surface area contributed by atoms with Gasteiger partial charge in [0.15, 0.2) is 0 Å². The summed E-state index contributed by atoms with van der Waals surface area (Å²) in [6, 6.07) is 0. The highest BCUT2D eigenvalue weighted by Crippen LogP contribution is 2.29. The minimum Gasteiger partial charge on any atom is -0.388 e. The fraction of sp³-hybridized carbons (Fsp3) is 0.750. The fourth-order valence-electron chi connectivity index (χ4n) is 3.35. The van der Waals surface area contributed by atoms with Gasteiger partial charge in [0.25, 0.3) is 0 Å². The van der Waals surface area contributed by atoms with Gasteiger partial charge in [0.2, 0.25) is 0 Å². The predicted molar refractivity (Wildman–Crippen MR) is 80.9 cm³/mol. The zero-order valence-electron chi connectivity index (χ0n) is 12.6. The van der Waals surface area contributed by atoms with Crippen LogP contribution in [-0.4, -0.2) is 59.2 Å². The van der Waals surface area contributed by atoms with Crippen molar-refractivity contribution in [3.05, 3.63) is 23.5 Å². The van der Waals surface area contributed by atoms with Crippen LogP contribution in [-0.2, 0) is 13.0 Å². The van der Waals surface area contributed by atoms with Crippen molar-refractivity contribution < 1.29 is 5.11 Å². The first kappa shape index (κ1) is 14.1. The number of hydrogen-bond donors (Lipinski definition) is 1. The van der Waals surface area contributed by atoms with E-state index in [4.69, 9.17) is 0 Å². The van der Waals surface area contributed by atoms with Gasteiger partial charge in [0, 0.05) is 57.2 Å². The van der Waals surface area contributed by atoms with Crippen LogP contribution in [0.15, 0.2) is 12.4 Å². The van der Waals surface area contributed by atoms with Gasteiger partial charge in [0.05, 0.1) is 6.10 Å². The molecule has 1 unspecified atom stereocenters. The molecule has 0 saturated carbocycles. The normalized spacial score (nSPS) is 25.4. The van der Waals surface area contributed by atoms with Crippen molar-refractivity contribution in [1.82, 2.24) is 14.4 Å². The Morgan fingerprint density at radius 3 is 2.70 bits per heavy atom. The van der Waals surface area contributed by atoms with Crippen LogP contribution in [0.1, 0.15) is 36.5 Å². The van der Waals surface area contributed by atoms with E-state index in [0.29, 0.717) is 0 Å². The van der Waals surface area contributed by atoms with Crippen LogP contribution in [0.3, 0.4) is 0 Å². The molecule has 0 aromatic carbocycles. The molecule has 2 aliphatic rings. The van der Waals surface area contributed by atoms with E-state index in [2.05, 4.69) is 33.8 Å². The molecule has 1 aliphatic heterocycles. The molecule has 0 radical (unpaired) electrons. The number of aliphatic hydroxyl groups is 1. The molecule has 2 heterocycles. The highest BCUT2D eigenvalue weighted by Gasteiger charge is 2.19. The third-order valence-corrected chi connectivity index (χ3v) is 4.80. The highest BCUT2D eigenvalue weighted by molar-refractivity contribution is 5.28. The molecule has 1 saturated heterocycles. The van der Waals surface area contributed by atoms with Crippen LogP contribution in [0, 0.1) is 0 Å². The molecule has 0 amide bonds. The molecule has 112 valence electrons. The Hall–Kier alpha value is -0.840. The van der Waals surface area contributed by atoms with E-state index >= 15 is 0 Å². The molecule has 1 fully saturated rings. The van der Waals surface area contributed by atoms with Gasteiger partial charge in [-0.05, 0) is 31.9 Å². The number of nitrogens with zero attached hydrogens (tertiary/aromatic N) is 3. The summed E-state index contributed by atoms with van der Waals surface area (Å²) in [7, 11) is 2.20. The molecule has 0 spiro atoms. The molecular weight excluding hydrogens is 250 g/mol. The van der Waals surface area contributed by atoms with Crippen LogP contribution < -0.4 is 0 Å². The summed E-state index contributed by atoms with van der Waals surface area (Å²) in [6.45, 7) is 6.89. The maximum Gasteiger partial charge on any atom is 0.0807 e. The second kappa shape index (κ2) is 6.29. The number of fused-ring (bicyclic) bond motifs is 1. The van der Waals surface area contributed by atoms with Crippen LogP contribution in [0.2, 0.25) is 0 Å². The van der Waals surface area contributed by atoms with Crippen molar-refractivity contribution in [1.29, 1.82) is 0 Å². The molecular formula is C16H27N3O. The number of aryl methyl sites for hydroxylation is 1. The van der Waals surface area contributed by atoms with E-state index in [-0.39, 0.29) is 6.10 Å². The first-order valence-electron chi connectivity index (χ1n) is 8.00. The van der Waals surface area contributed by atoms with Gasteiger partial charge in [0.1, 0.15) is 0 Å². The van der Waals surface area contributed by atoms with E-state index in [0.717, 1.165) is 32.4 Å². The maximum atomic E-state index is 10.2. The summed E-state index contributed by atoms with van der Waals surface area (Å²) in [5.74, 6) is 0. The van der Waals surface area contributed by atoms with Crippen molar-refractivity contribution in [3.63, 3.8) is 0 Å². The largest absolute Gasteiger partial charge is 0.388 e. The van der Waals surface area contributed by atoms with Gasteiger partial charge >= 0.3 is 0 Å². The number of piperazine rings is 1. The average Bonchev–Trinajstić information content (AvgIpc) is 2.79. The van der Waals surface area contributed by atoms with E-state index in [1.54, 1.807) is 0 Å². The Bertz CT molecular complexity index is 435. The summed E-state index contributed by atoms with van der Waals surface area (Å²) in [5.41, 5.74) is 2.55. The van der Waals surface area contributed by atoms with Crippen molar-refractivity contribution in [2.24, 2.45) is 0 Å². The smallest absolute Gasteiger partial charge is 0.0807 e. The second-order valence-electron chi connectivity index (χ2n) is 6.38. The van der Waals surface area contributed by atoms with Crippen molar-refractivity contribution in [2.45, 2.75) is 38.3 Å². The lowest BCUT2D eigenvalue weighted by molar-refractivity contribution is 0.149. The molecule has 20 heavy (non-hydrogen) atoms. The van der Waals surface area contributed by atoms with Gasteiger partial charge in [-0.25, -0.2) is 0 Å². The molecule has 4 nitrogen and oxygen atoms in total. The Labute approximate surface area is 122 Å². The third-order valence-electron chi connectivity index (χ3n) is 4.80. The van der Waals surface area contributed by atoms with Gasteiger partial charge < -0.3 is 14.6 Å². The molecule has 4 heteroatoms. The Kier molecular flexibility index (Phi) is 4.44. The number of aromatic nitrogens is 1. The quantitative estimate of drug-likeness (QED) is 0.850. The number of likely N-dealkylation sites (N-methyl/N-ethyl adjacent to an activating group) is 1. The minimum absolute atomic E-state index is 0.239. The molecule has 3 rings (SSSR count). The molecule has 1 aliphatic carbocycles. The van der Waals surface area contributed by atoms with Crippen LogP contribution in [0.5, 0.6) is 0 Å². The molecule has 1 atom stereocenters. The summed E-state index contributed by atoms with van der Waals surface area (Å²) < 4.78 is 2.29. The number of aliphatic hydroxyl groups excluding tert-OH is 1. The first-order chi connectivity index (χ1) is 9.72. The lowest BCUT2D eigenvalue weighted by Crippen LogP contribution is -2.45. The van der Waals surface area contributed by atoms with Crippen molar-refractivity contribution in [2.75, 3.05) is 39.8 Å². The zero-order valence-corrected chi connectivity index (χ0v) is 12.6. The van der Waals surface area contributed by atoms with Crippen LogP contribution in [0.4, 0.5) is 0 Å². The van der Waals surface area contributed by atoms with Gasteiger partial charge in [-0.15, -0.1) is 0 Å². The predicted octanol–water partition coefficient (Wildman–Crippen LogP) is 1.50. The van der Waals surface area contributed by atoms with E-state index in [1.807, 2.05) is 0 Å². The molecule has 1 aromatic rings. The van der Waals surface area contributed by atoms with E-state index < -0.39 is 0 Å². The van der Waals surface area contributed by atoms with E-state index in [9.17, 15) is 5.11 Å². The fourth-order valence-corrected chi connectivity index (χ4v) is 3.35. The highest BCUT2D eigenvalue weighted by atomic mass is 16.3. The molecule has 0 bridgehead atoms. The summed E-state index contributed by atoms with van der Waals surface area (Å²) in [5, 5.41) is 10.2. The number of hydrogen-bond acceptors (Lipinski definition) is 3. The summed E-state index contributed by atoms with van der Waals surface area (Å²) in [6.07, 6.45) is 8.63. The van der Waals surface area contributed by atoms with Crippen LogP contribution >= 0.6 is 0 Å². The standard InChI is InChI=1S/C16H27N3O/c1-17-6-8-18(9-7-17)10-11-19-12-14-4-2-3-5-16(20)15(14)13-19/h12-13,16,20H,2-11H2,1H3. The Morgan fingerprint density at radius 2 is 1.90 bits per heavy atom. The lowest BCUT2D eigenvalue weighted by atomic mass is 10.1. The maximum absolute atomic E-state index is 10.2. The number of rotatable bonds is 3. The zero-order chi connectivity index (χ0) is 13.9. The second-order valence-corrected chi connectivity index (χ2v) is 6.38. The molecule has 1 aromatic heterocycles.